The summed E-state index contributed by atoms with van der Waals surface area (Å²) in [7, 11) is 4.57. The van der Waals surface area contributed by atoms with Crippen molar-refractivity contribution in [2.75, 3.05) is 54.1 Å². The van der Waals surface area contributed by atoms with Crippen LogP contribution in [-0.4, -0.2) is 92.7 Å². The Kier molecular flexibility index (Phi) is 9.53. The van der Waals surface area contributed by atoms with Crippen molar-refractivity contribution in [3.05, 3.63) is 70.4 Å². The number of halogens is 3. The van der Waals surface area contributed by atoms with E-state index in [1.165, 1.54) is 31.3 Å². The fourth-order valence-corrected chi connectivity index (χ4v) is 5.30. The van der Waals surface area contributed by atoms with Crippen molar-refractivity contribution in [2.24, 2.45) is 0 Å². The first-order chi connectivity index (χ1) is 20.4. The van der Waals surface area contributed by atoms with E-state index in [4.69, 9.17) is 14.2 Å². The number of hydrogen-bond acceptors (Lipinski definition) is 7. The van der Waals surface area contributed by atoms with E-state index in [2.05, 4.69) is 5.32 Å². The maximum Gasteiger partial charge on any atom is 0.416 e. The molecule has 0 unspecified atom stereocenters. The number of amides is 3. The zero-order chi connectivity index (χ0) is 31.5. The van der Waals surface area contributed by atoms with Gasteiger partial charge in [-0.1, -0.05) is 0 Å². The zero-order valence-corrected chi connectivity index (χ0v) is 24.7. The second-order valence-corrected chi connectivity index (χ2v) is 10.3. The predicted molar refractivity (Wildman–Crippen MR) is 151 cm³/mol. The maximum atomic E-state index is 13.4. The molecule has 2 atom stereocenters. The summed E-state index contributed by atoms with van der Waals surface area (Å²) in [6, 6.07) is 7.71. The van der Waals surface area contributed by atoms with E-state index in [1.807, 2.05) is 11.8 Å². The highest BCUT2D eigenvalue weighted by atomic mass is 19.4. The van der Waals surface area contributed by atoms with Crippen molar-refractivity contribution in [1.82, 2.24) is 20.0 Å². The van der Waals surface area contributed by atoms with Crippen LogP contribution in [0.15, 0.2) is 53.7 Å². The molecular weight excluding hydrogens is 569 g/mol. The summed E-state index contributed by atoms with van der Waals surface area (Å²) in [5.41, 5.74) is 0.622. The number of methoxy groups -OCH3 is 2. The molecule has 0 bridgehead atoms. The summed E-state index contributed by atoms with van der Waals surface area (Å²) in [4.78, 5) is 44.7. The number of esters is 1. The lowest BCUT2D eigenvalue weighted by Gasteiger charge is -2.42. The number of carbonyl (C=O) groups is 3. The van der Waals surface area contributed by atoms with Gasteiger partial charge in [0.05, 0.1) is 38.0 Å². The largest absolute Gasteiger partial charge is 0.497 e. The Bertz CT molecular complexity index is 1370. The topological polar surface area (TPSA) is 101 Å². The van der Waals surface area contributed by atoms with Crippen LogP contribution in [0.4, 0.5) is 18.0 Å². The Morgan fingerprint density at radius 3 is 2.19 bits per heavy atom. The molecule has 0 aliphatic carbocycles. The Morgan fingerprint density at radius 1 is 1.02 bits per heavy atom. The standard InChI is InChI=1S/C30H35F3N4O6/c1-6-43-28(39)25-24(35(3)29(40)34-26(25)20-13-22(41-4)15-23(14-20)42-5)17-36-11-12-37(18(2)16-36)27(38)19-7-9-21(10-8-19)30(31,32)33/h7-10,13-15,18,26H,6,11-12,16-17H2,1-5H3,(H,34,40)/t18-,26+/m0/s1. The third-order valence-electron chi connectivity index (χ3n) is 7.58. The minimum absolute atomic E-state index is 0.128. The molecule has 232 valence electrons. The molecular formula is C30H35F3N4O6. The van der Waals surface area contributed by atoms with Crippen LogP contribution in [0.2, 0.25) is 0 Å². The Morgan fingerprint density at radius 2 is 1.65 bits per heavy atom. The number of alkyl halides is 3. The minimum atomic E-state index is -4.49. The lowest BCUT2D eigenvalue weighted by molar-refractivity contribution is -0.139. The first-order valence-electron chi connectivity index (χ1n) is 13.8. The van der Waals surface area contributed by atoms with Gasteiger partial charge in [-0.2, -0.15) is 13.2 Å². The number of benzene rings is 2. The fraction of sp³-hybridized carbons (Fsp3) is 0.433. The minimum Gasteiger partial charge on any atom is -0.497 e. The number of rotatable bonds is 8. The van der Waals surface area contributed by atoms with Crippen molar-refractivity contribution < 1.29 is 41.8 Å². The highest BCUT2D eigenvalue weighted by molar-refractivity contribution is 5.95. The maximum absolute atomic E-state index is 13.4. The number of hydrogen-bond donors (Lipinski definition) is 1. The average molecular weight is 605 g/mol. The molecule has 3 amide bonds. The van der Waals surface area contributed by atoms with E-state index in [1.54, 1.807) is 37.1 Å². The third kappa shape index (κ3) is 6.87. The predicted octanol–water partition coefficient (Wildman–Crippen LogP) is 4.08. The van der Waals surface area contributed by atoms with E-state index in [0.29, 0.717) is 42.4 Å². The summed E-state index contributed by atoms with van der Waals surface area (Å²) in [6.07, 6.45) is -4.49. The summed E-state index contributed by atoms with van der Waals surface area (Å²) in [5.74, 6) is 0.0127. The van der Waals surface area contributed by atoms with Crippen molar-refractivity contribution in [3.8, 4) is 11.5 Å². The Labute approximate surface area is 248 Å². The number of carbonyl (C=O) groups excluding carboxylic acids is 3. The quantitative estimate of drug-likeness (QED) is 0.454. The van der Waals surface area contributed by atoms with Gasteiger partial charge >= 0.3 is 18.2 Å². The van der Waals surface area contributed by atoms with Gasteiger partial charge in [-0.05, 0) is 55.8 Å². The van der Waals surface area contributed by atoms with Crippen molar-refractivity contribution >= 4 is 17.9 Å². The van der Waals surface area contributed by atoms with E-state index in [0.717, 1.165) is 12.1 Å². The summed E-state index contributed by atoms with van der Waals surface area (Å²) >= 11 is 0. The number of nitrogens with zero attached hydrogens (tertiary/aromatic N) is 3. The molecule has 13 heteroatoms. The third-order valence-corrected chi connectivity index (χ3v) is 7.58. The van der Waals surface area contributed by atoms with Crippen LogP contribution in [0.3, 0.4) is 0 Å². The molecule has 43 heavy (non-hydrogen) atoms. The smallest absolute Gasteiger partial charge is 0.416 e. The Hall–Kier alpha value is -4.26. The zero-order valence-electron chi connectivity index (χ0n) is 24.7. The van der Waals surface area contributed by atoms with Crippen molar-refractivity contribution in [3.63, 3.8) is 0 Å². The lowest BCUT2D eigenvalue weighted by atomic mass is 9.93. The first-order valence-corrected chi connectivity index (χ1v) is 13.8. The number of piperazine rings is 1. The summed E-state index contributed by atoms with van der Waals surface area (Å²) in [6.45, 7) is 4.99. The molecule has 2 aliphatic heterocycles. The van der Waals surface area contributed by atoms with Gasteiger partial charge in [0.2, 0.25) is 0 Å². The molecule has 2 aromatic rings. The normalized spacial score (nSPS) is 19.7. The van der Waals surface area contributed by atoms with Gasteiger partial charge in [0.15, 0.2) is 0 Å². The molecule has 0 radical (unpaired) electrons. The number of ether oxygens (including phenoxy) is 3. The van der Waals surface area contributed by atoms with Gasteiger partial charge in [-0.3, -0.25) is 14.6 Å². The van der Waals surface area contributed by atoms with Crippen LogP contribution in [0, 0.1) is 0 Å². The van der Waals surface area contributed by atoms with Gasteiger partial charge in [0, 0.05) is 56.6 Å². The van der Waals surface area contributed by atoms with Crippen LogP contribution in [-0.2, 0) is 15.7 Å². The molecule has 0 spiro atoms. The molecule has 2 heterocycles. The van der Waals surface area contributed by atoms with Gasteiger partial charge in [-0.25, -0.2) is 9.59 Å². The highest BCUT2D eigenvalue weighted by Gasteiger charge is 2.39. The van der Waals surface area contributed by atoms with Gasteiger partial charge in [-0.15, -0.1) is 0 Å². The molecule has 2 aromatic carbocycles. The molecule has 10 nitrogen and oxygen atoms in total. The van der Waals surface area contributed by atoms with E-state index in [9.17, 15) is 27.6 Å². The molecule has 1 N–H and O–H groups in total. The van der Waals surface area contributed by atoms with Crippen molar-refractivity contribution in [2.45, 2.75) is 32.1 Å². The first kappa shape index (κ1) is 31.7. The van der Waals surface area contributed by atoms with Crippen LogP contribution >= 0.6 is 0 Å². The second kappa shape index (κ2) is 12.9. The fourth-order valence-electron chi connectivity index (χ4n) is 5.30. The molecule has 1 fully saturated rings. The Balaban J connectivity index is 1.60. The van der Waals surface area contributed by atoms with Gasteiger partial charge in [0.25, 0.3) is 5.91 Å². The van der Waals surface area contributed by atoms with Crippen LogP contribution < -0.4 is 14.8 Å². The lowest BCUT2D eigenvalue weighted by Crippen LogP contribution is -2.56. The van der Waals surface area contributed by atoms with Crippen LogP contribution in [0.5, 0.6) is 11.5 Å². The van der Waals surface area contributed by atoms with E-state index < -0.39 is 29.8 Å². The van der Waals surface area contributed by atoms with Crippen LogP contribution in [0.1, 0.15) is 41.4 Å². The highest BCUT2D eigenvalue weighted by Crippen LogP contribution is 2.35. The van der Waals surface area contributed by atoms with E-state index >= 15 is 0 Å². The number of nitrogens with one attached hydrogen (secondary N) is 1. The van der Waals surface area contributed by atoms with Crippen molar-refractivity contribution in [1.29, 1.82) is 0 Å². The number of likely N-dealkylation sites (N-methyl/N-ethyl adjacent to an activating group) is 1. The SMILES string of the molecule is CCOC(=O)C1=C(CN2CCN(C(=O)c3ccc(C(F)(F)F)cc3)[C@@H](C)C2)N(C)C(=O)N[C@@H]1c1cc(OC)cc(OC)c1. The van der Waals surface area contributed by atoms with Gasteiger partial charge in [0.1, 0.15) is 11.5 Å². The number of urea groups is 1. The second-order valence-electron chi connectivity index (χ2n) is 10.3. The molecule has 4 rings (SSSR count). The summed E-state index contributed by atoms with van der Waals surface area (Å²) < 4.78 is 55.1. The molecule has 1 saturated heterocycles. The molecule has 2 aliphatic rings. The van der Waals surface area contributed by atoms with E-state index in [-0.39, 0.29) is 36.2 Å². The van der Waals surface area contributed by atoms with Gasteiger partial charge < -0.3 is 24.4 Å². The van der Waals surface area contributed by atoms with Crippen LogP contribution in [0.25, 0.3) is 0 Å². The monoisotopic (exact) mass is 604 g/mol. The average Bonchev–Trinajstić information content (AvgIpc) is 2.98. The summed E-state index contributed by atoms with van der Waals surface area (Å²) in [5, 5.41) is 2.88. The molecule has 0 aromatic heterocycles. The molecule has 0 saturated carbocycles.